The van der Waals surface area contributed by atoms with Crippen molar-refractivity contribution in [2.45, 2.75) is 65.1 Å². The van der Waals surface area contributed by atoms with E-state index in [1.54, 1.807) is 7.11 Å². The van der Waals surface area contributed by atoms with E-state index in [2.05, 4.69) is 37.9 Å². The summed E-state index contributed by atoms with van der Waals surface area (Å²) in [5.41, 5.74) is 0. The zero-order chi connectivity index (χ0) is 13.5. The standard InChI is InChI=1S/C15H32N2O/c1-6-7-15-9-16-14(8-12(2)3)10-17(15)13(4)11-18-5/h12-16H,6-11H2,1-5H3. The highest BCUT2D eigenvalue weighted by molar-refractivity contribution is 4.88. The molecule has 3 unspecified atom stereocenters. The zero-order valence-corrected chi connectivity index (χ0v) is 12.9. The fraction of sp³-hybridized carbons (Fsp3) is 1.00. The van der Waals surface area contributed by atoms with Crippen molar-refractivity contribution in [1.82, 2.24) is 10.2 Å². The normalized spacial score (nSPS) is 27.7. The Labute approximate surface area is 113 Å². The zero-order valence-electron chi connectivity index (χ0n) is 12.9. The van der Waals surface area contributed by atoms with Crippen molar-refractivity contribution < 1.29 is 4.74 Å². The summed E-state index contributed by atoms with van der Waals surface area (Å²) >= 11 is 0. The quantitative estimate of drug-likeness (QED) is 0.757. The topological polar surface area (TPSA) is 24.5 Å². The van der Waals surface area contributed by atoms with Gasteiger partial charge in [-0.1, -0.05) is 27.2 Å². The number of piperazine rings is 1. The van der Waals surface area contributed by atoms with Gasteiger partial charge in [0.15, 0.2) is 0 Å². The summed E-state index contributed by atoms with van der Waals surface area (Å²) in [4.78, 5) is 2.66. The van der Waals surface area contributed by atoms with Crippen LogP contribution in [-0.2, 0) is 4.74 Å². The molecule has 1 rings (SSSR count). The van der Waals surface area contributed by atoms with Gasteiger partial charge in [0.2, 0.25) is 0 Å². The Morgan fingerprint density at radius 2 is 2.06 bits per heavy atom. The molecule has 0 amide bonds. The van der Waals surface area contributed by atoms with Gasteiger partial charge in [0.05, 0.1) is 6.61 Å². The van der Waals surface area contributed by atoms with Gasteiger partial charge in [-0.2, -0.15) is 0 Å². The van der Waals surface area contributed by atoms with Gasteiger partial charge in [-0.25, -0.2) is 0 Å². The Morgan fingerprint density at radius 1 is 1.33 bits per heavy atom. The molecule has 0 aromatic rings. The van der Waals surface area contributed by atoms with E-state index in [0.29, 0.717) is 18.1 Å². The first-order chi connectivity index (χ1) is 8.58. The molecule has 0 aromatic heterocycles. The summed E-state index contributed by atoms with van der Waals surface area (Å²) in [5.74, 6) is 0.768. The van der Waals surface area contributed by atoms with Crippen molar-refractivity contribution in [1.29, 1.82) is 0 Å². The van der Waals surface area contributed by atoms with Crippen LogP contribution in [0, 0.1) is 5.92 Å². The lowest BCUT2D eigenvalue weighted by atomic mass is 9.97. The van der Waals surface area contributed by atoms with Crippen LogP contribution < -0.4 is 5.32 Å². The summed E-state index contributed by atoms with van der Waals surface area (Å²) in [6.45, 7) is 12.3. The van der Waals surface area contributed by atoms with Gasteiger partial charge in [0, 0.05) is 38.3 Å². The first-order valence-electron chi connectivity index (χ1n) is 7.56. The first-order valence-corrected chi connectivity index (χ1v) is 7.56. The molecule has 18 heavy (non-hydrogen) atoms. The Bertz CT molecular complexity index is 221. The van der Waals surface area contributed by atoms with Gasteiger partial charge in [-0.05, 0) is 25.7 Å². The van der Waals surface area contributed by atoms with Gasteiger partial charge < -0.3 is 10.1 Å². The summed E-state index contributed by atoms with van der Waals surface area (Å²) < 4.78 is 5.34. The number of hydrogen-bond donors (Lipinski definition) is 1. The number of hydrogen-bond acceptors (Lipinski definition) is 3. The van der Waals surface area contributed by atoms with Crippen LogP contribution in [0.5, 0.6) is 0 Å². The van der Waals surface area contributed by atoms with Crippen LogP contribution in [0.25, 0.3) is 0 Å². The highest BCUT2D eigenvalue weighted by atomic mass is 16.5. The maximum Gasteiger partial charge on any atom is 0.0615 e. The van der Waals surface area contributed by atoms with E-state index in [0.717, 1.165) is 19.1 Å². The second kappa shape index (κ2) is 8.13. The third-order valence-corrected chi connectivity index (χ3v) is 3.89. The first kappa shape index (κ1) is 15.9. The molecule has 1 aliphatic heterocycles. The van der Waals surface area contributed by atoms with Crippen molar-refractivity contribution in [2.75, 3.05) is 26.8 Å². The number of methoxy groups -OCH3 is 1. The molecule has 1 saturated heterocycles. The van der Waals surface area contributed by atoms with Gasteiger partial charge in [0.1, 0.15) is 0 Å². The second-order valence-electron chi connectivity index (χ2n) is 6.18. The van der Waals surface area contributed by atoms with Crippen molar-refractivity contribution in [3.8, 4) is 0 Å². The van der Waals surface area contributed by atoms with Crippen LogP contribution in [0.1, 0.15) is 47.0 Å². The van der Waals surface area contributed by atoms with E-state index in [4.69, 9.17) is 4.74 Å². The summed E-state index contributed by atoms with van der Waals surface area (Å²) in [7, 11) is 1.80. The fourth-order valence-electron chi connectivity index (χ4n) is 3.09. The molecular weight excluding hydrogens is 224 g/mol. The molecule has 1 N–H and O–H groups in total. The highest BCUT2D eigenvalue weighted by Gasteiger charge is 2.30. The minimum Gasteiger partial charge on any atom is -0.383 e. The molecule has 3 atom stereocenters. The third-order valence-electron chi connectivity index (χ3n) is 3.89. The molecule has 0 saturated carbocycles. The lowest BCUT2D eigenvalue weighted by molar-refractivity contribution is 0.0349. The van der Waals surface area contributed by atoms with E-state index < -0.39 is 0 Å². The SMILES string of the molecule is CCCC1CNC(CC(C)C)CN1C(C)COC. The van der Waals surface area contributed by atoms with Crippen molar-refractivity contribution >= 4 is 0 Å². The van der Waals surface area contributed by atoms with Crippen LogP contribution in [0.3, 0.4) is 0 Å². The molecule has 1 aliphatic rings. The molecule has 3 nitrogen and oxygen atoms in total. The fourth-order valence-corrected chi connectivity index (χ4v) is 3.09. The minimum atomic E-state index is 0.531. The molecule has 1 heterocycles. The number of ether oxygens (including phenoxy) is 1. The molecular formula is C15H32N2O. The Hall–Kier alpha value is -0.120. The second-order valence-corrected chi connectivity index (χ2v) is 6.18. The number of nitrogens with zero attached hydrogens (tertiary/aromatic N) is 1. The number of rotatable bonds is 7. The molecule has 0 aromatic carbocycles. The van der Waals surface area contributed by atoms with Gasteiger partial charge >= 0.3 is 0 Å². The molecule has 0 radical (unpaired) electrons. The predicted molar refractivity (Wildman–Crippen MR) is 78.0 cm³/mol. The predicted octanol–water partition coefficient (Wildman–Crippen LogP) is 2.51. The van der Waals surface area contributed by atoms with E-state index >= 15 is 0 Å². The maximum atomic E-state index is 5.34. The van der Waals surface area contributed by atoms with Crippen LogP contribution in [0.15, 0.2) is 0 Å². The van der Waals surface area contributed by atoms with Crippen molar-refractivity contribution in [3.63, 3.8) is 0 Å². The highest BCUT2D eigenvalue weighted by Crippen LogP contribution is 2.19. The lowest BCUT2D eigenvalue weighted by Gasteiger charge is -2.44. The molecule has 3 heteroatoms. The van der Waals surface area contributed by atoms with E-state index in [1.807, 2.05) is 0 Å². The summed E-state index contributed by atoms with van der Waals surface area (Å²) in [6, 6.07) is 1.87. The van der Waals surface area contributed by atoms with Crippen molar-refractivity contribution in [3.05, 3.63) is 0 Å². The Morgan fingerprint density at radius 3 is 2.61 bits per heavy atom. The van der Waals surface area contributed by atoms with Gasteiger partial charge in [-0.15, -0.1) is 0 Å². The Balaban J connectivity index is 2.57. The molecule has 0 bridgehead atoms. The number of nitrogens with one attached hydrogen (secondary N) is 1. The van der Waals surface area contributed by atoms with Gasteiger partial charge in [0.25, 0.3) is 0 Å². The van der Waals surface area contributed by atoms with E-state index in [-0.39, 0.29) is 0 Å². The average Bonchev–Trinajstić information content (AvgIpc) is 2.31. The molecule has 0 spiro atoms. The van der Waals surface area contributed by atoms with E-state index in [1.165, 1.54) is 25.8 Å². The minimum absolute atomic E-state index is 0.531. The smallest absolute Gasteiger partial charge is 0.0615 e. The average molecular weight is 256 g/mol. The largest absolute Gasteiger partial charge is 0.383 e. The van der Waals surface area contributed by atoms with Gasteiger partial charge in [-0.3, -0.25) is 4.90 Å². The van der Waals surface area contributed by atoms with Crippen LogP contribution >= 0.6 is 0 Å². The van der Waals surface area contributed by atoms with Crippen LogP contribution in [0.4, 0.5) is 0 Å². The Kier molecular flexibility index (Phi) is 7.20. The molecule has 108 valence electrons. The third kappa shape index (κ3) is 4.87. The van der Waals surface area contributed by atoms with E-state index in [9.17, 15) is 0 Å². The lowest BCUT2D eigenvalue weighted by Crippen LogP contribution is -2.59. The van der Waals surface area contributed by atoms with Crippen LogP contribution in [0.2, 0.25) is 0 Å². The van der Waals surface area contributed by atoms with Crippen LogP contribution in [-0.4, -0.2) is 49.8 Å². The van der Waals surface area contributed by atoms with Crippen molar-refractivity contribution in [2.24, 2.45) is 5.92 Å². The molecule has 1 fully saturated rings. The summed E-state index contributed by atoms with van der Waals surface area (Å²) in [6.07, 6.45) is 3.82. The molecule has 0 aliphatic carbocycles. The summed E-state index contributed by atoms with van der Waals surface area (Å²) in [5, 5.41) is 3.73. The monoisotopic (exact) mass is 256 g/mol. The maximum absolute atomic E-state index is 5.34.